The number of carbonyl (C=O) groups excluding carboxylic acids is 1. The van der Waals surface area contributed by atoms with Gasteiger partial charge in [-0.3, -0.25) is 4.79 Å². The fraction of sp³-hybridized carbons (Fsp3) is 0.0690. The number of benzene rings is 4. The Bertz CT molecular complexity index is 1580. The van der Waals surface area contributed by atoms with Crippen molar-refractivity contribution in [1.82, 2.24) is 5.01 Å². The van der Waals surface area contributed by atoms with Gasteiger partial charge in [0.2, 0.25) is 0 Å². The molecule has 2 heterocycles. The van der Waals surface area contributed by atoms with Gasteiger partial charge >= 0.3 is 5.24 Å². The maximum absolute atomic E-state index is 12.5. The molecule has 1 N–H and O–H groups in total. The lowest BCUT2D eigenvalue weighted by atomic mass is 9.97. The second-order valence-corrected chi connectivity index (χ2v) is 10.1. The normalized spacial score (nSPS) is 18.7. The Morgan fingerprint density at radius 1 is 0.944 bits per heavy atom. The smallest absolute Gasteiger partial charge is 0.311 e. The summed E-state index contributed by atoms with van der Waals surface area (Å²) < 4.78 is 0. The largest absolute Gasteiger partial charge is 0.508 e. The van der Waals surface area contributed by atoms with Crippen molar-refractivity contribution in [3.63, 3.8) is 0 Å². The van der Waals surface area contributed by atoms with Crippen LogP contribution in [0.3, 0.4) is 0 Å². The van der Waals surface area contributed by atoms with Gasteiger partial charge in [-0.2, -0.15) is 10.1 Å². The average molecular weight is 510 g/mol. The van der Waals surface area contributed by atoms with Gasteiger partial charge in [0.25, 0.3) is 0 Å². The number of amidine groups is 1. The van der Waals surface area contributed by atoms with Crippen LogP contribution in [0.2, 0.25) is 5.02 Å². The molecular formula is C29H20ClN3O2S. The van der Waals surface area contributed by atoms with Crippen molar-refractivity contribution in [3.8, 4) is 5.75 Å². The van der Waals surface area contributed by atoms with Crippen LogP contribution in [0.15, 0.2) is 106 Å². The highest BCUT2D eigenvalue weighted by Gasteiger charge is 2.36. The van der Waals surface area contributed by atoms with Crippen LogP contribution < -0.4 is 0 Å². The van der Waals surface area contributed by atoms with Gasteiger partial charge in [0.05, 0.1) is 16.7 Å². The van der Waals surface area contributed by atoms with Crippen LogP contribution in [0.25, 0.3) is 16.8 Å². The predicted molar refractivity (Wildman–Crippen MR) is 148 cm³/mol. The molecule has 36 heavy (non-hydrogen) atoms. The van der Waals surface area contributed by atoms with E-state index in [1.165, 1.54) is 5.39 Å². The van der Waals surface area contributed by atoms with Crippen LogP contribution in [0.5, 0.6) is 5.75 Å². The summed E-state index contributed by atoms with van der Waals surface area (Å²) in [4.78, 5) is 17.5. The van der Waals surface area contributed by atoms with Crippen molar-refractivity contribution < 1.29 is 9.90 Å². The molecule has 0 spiro atoms. The fourth-order valence-corrected chi connectivity index (χ4v) is 5.35. The van der Waals surface area contributed by atoms with Crippen molar-refractivity contribution >= 4 is 57.0 Å². The SMILES string of the molecule is O=C1N=C(N2N=C(c3ccc4ccccc4c3)CC2c2ccc(Cl)cc2)/C(=C/c2ccc(O)cc2)S1. The Kier molecular flexibility index (Phi) is 5.83. The third-order valence-electron chi connectivity index (χ3n) is 6.27. The lowest BCUT2D eigenvalue weighted by Gasteiger charge is -2.24. The number of amides is 1. The third kappa shape index (κ3) is 4.41. The Labute approximate surface area is 217 Å². The van der Waals surface area contributed by atoms with Gasteiger partial charge in [-0.15, -0.1) is 0 Å². The van der Waals surface area contributed by atoms with Crippen molar-refractivity contribution in [1.29, 1.82) is 0 Å². The highest BCUT2D eigenvalue weighted by Crippen LogP contribution is 2.40. The maximum Gasteiger partial charge on any atom is 0.311 e. The quantitative estimate of drug-likeness (QED) is 0.308. The first-order valence-corrected chi connectivity index (χ1v) is 12.7. The number of thioether (sulfide) groups is 1. The van der Waals surface area contributed by atoms with Gasteiger partial charge in [0.1, 0.15) is 5.75 Å². The molecule has 176 valence electrons. The molecule has 0 saturated carbocycles. The fourth-order valence-electron chi connectivity index (χ4n) is 4.48. The summed E-state index contributed by atoms with van der Waals surface area (Å²) >= 11 is 7.25. The first-order valence-electron chi connectivity index (χ1n) is 11.5. The summed E-state index contributed by atoms with van der Waals surface area (Å²) in [6.07, 6.45) is 2.56. The molecule has 2 aliphatic rings. The molecule has 2 aliphatic heterocycles. The molecule has 0 fully saturated rings. The van der Waals surface area contributed by atoms with E-state index < -0.39 is 0 Å². The van der Waals surface area contributed by atoms with E-state index in [9.17, 15) is 9.90 Å². The highest BCUT2D eigenvalue weighted by molar-refractivity contribution is 8.18. The zero-order valence-electron chi connectivity index (χ0n) is 19.0. The van der Waals surface area contributed by atoms with Gasteiger partial charge in [-0.1, -0.05) is 72.3 Å². The lowest BCUT2D eigenvalue weighted by Crippen LogP contribution is -2.26. The van der Waals surface area contributed by atoms with Crippen LogP contribution >= 0.6 is 23.4 Å². The van der Waals surface area contributed by atoms with Crippen LogP contribution in [0.4, 0.5) is 4.79 Å². The lowest BCUT2D eigenvalue weighted by molar-refractivity contribution is 0.267. The minimum absolute atomic E-state index is 0.141. The van der Waals surface area contributed by atoms with Gasteiger partial charge in [-0.05, 0) is 75.6 Å². The summed E-state index contributed by atoms with van der Waals surface area (Å²) in [5.41, 5.74) is 3.86. The number of phenols is 1. The first-order chi connectivity index (χ1) is 17.5. The number of nitrogens with zero attached hydrogens (tertiary/aromatic N) is 3. The number of hydrazone groups is 1. The summed E-state index contributed by atoms with van der Waals surface area (Å²) in [5.74, 6) is 0.710. The Hall–Kier alpha value is -3.87. The zero-order valence-corrected chi connectivity index (χ0v) is 20.6. The first kappa shape index (κ1) is 22.6. The monoisotopic (exact) mass is 509 g/mol. The van der Waals surface area contributed by atoms with E-state index in [2.05, 4.69) is 35.3 Å². The molecule has 6 rings (SSSR count). The number of aliphatic imine (C=N–C) groups is 1. The van der Waals surface area contributed by atoms with Gasteiger partial charge in [0.15, 0.2) is 5.84 Å². The number of hydrogen-bond donors (Lipinski definition) is 1. The van der Waals surface area contributed by atoms with Crippen molar-refractivity contribution in [2.45, 2.75) is 12.5 Å². The number of hydrogen-bond acceptors (Lipinski definition) is 5. The molecule has 0 radical (unpaired) electrons. The number of halogens is 1. The standard InChI is InChI=1S/C29H20ClN3O2S/c30-23-11-9-20(10-12-23)26-17-25(22-8-7-19-3-1-2-4-21(19)16-22)32-33(26)28-27(36-29(35)31-28)15-18-5-13-24(34)14-6-18/h1-16,26,34H,17H2/b27-15-. The number of carbonyl (C=O) groups is 1. The summed E-state index contributed by atoms with van der Waals surface area (Å²) in [6, 6.07) is 29.0. The third-order valence-corrected chi connectivity index (χ3v) is 7.31. The molecule has 4 aromatic carbocycles. The number of aromatic hydroxyl groups is 1. The topological polar surface area (TPSA) is 65.3 Å². The van der Waals surface area contributed by atoms with Gasteiger partial charge < -0.3 is 5.11 Å². The van der Waals surface area contributed by atoms with Crippen LogP contribution in [0.1, 0.15) is 29.2 Å². The molecule has 0 saturated heterocycles. The van der Waals surface area contributed by atoms with E-state index in [-0.39, 0.29) is 17.0 Å². The second-order valence-electron chi connectivity index (χ2n) is 8.63. The van der Waals surface area contributed by atoms with Gasteiger partial charge in [-0.25, -0.2) is 5.01 Å². The Morgan fingerprint density at radius 3 is 2.47 bits per heavy atom. The molecule has 0 aromatic heterocycles. The number of fused-ring (bicyclic) bond motifs is 1. The number of rotatable bonds is 3. The summed E-state index contributed by atoms with van der Waals surface area (Å²) in [7, 11) is 0. The minimum Gasteiger partial charge on any atom is -0.508 e. The Balaban J connectivity index is 1.43. The van der Waals surface area contributed by atoms with E-state index in [0.717, 1.165) is 39.6 Å². The van der Waals surface area contributed by atoms with E-state index >= 15 is 0 Å². The zero-order chi connectivity index (χ0) is 24.6. The molecule has 0 aliphatic carbocycles. The van der Waals surface area contributed by atoms with Crippen molar-refractivity contribution in [3.05, 3.63) is 118 Å². The highest BCUT2D eigenvalue weighted by atomic mass is 35.5. The molecule has 1 atom stereocenters. The van der Waals surface area contributed by atoms with Crippen LogP contribution in [0, 0.1) is 0 Å². The molecule has 1 unspecified atom stereocenters. The maximum atomic E-state index is 12.5. The summed E-state index contributed by atoms with van der Waals surface area (Å²) in [5, 5.41) is 19.2. The second kappa shape index (κ2) is 9.30. The van der Waals surface area contributed by atoms with E-state index in [4.69, 9.17) is 16.7 Å². The summed E-state index contributed by atoms with van der Waals surface area (Å²) in [6.45, 7) is 0. The van der Waals surface area contributed by atoms with Crippen LogP contribution in [-0.2, 0) is 0 Å². The minimum atomic E-state index is -0.278. The van der Waals surface area contributed by atoms with E-state index in [1.807, 2.05) is 47.5 Å². The molecule has 1 amide bonds. The van der Waals surface area contributed by atoms with Crippen molar-refractivity contribution in [2.24, 2.45) is 10.1 Å². The molecule has 7 heteroatoms. The molecule has 0 bridgehead atoms. The number of phenolic OH excluding ortho intramolecular Hbond substituents is 1. The van der Waals surface area contributed by atoms with Crippen LogP contribution in [-0.4, -0.2) is 26.9 Å². The Morgan fingerprint density at radius 2 is 1.69 bits per heavy atom. The molecule has 4 aromatic rings. The van der Waals surface area contributed by atoms with Crippen molar-refractivity contribution in [2.75, 3.05) is 0 Å². The average Bonchev–Trinajstić information content (AvgIpc) is 3.49. The molecular weight excluding hydrogens is 490 g/mol. The van der Waals surface area contributed by atoms with E-state index in [1.54, 1.807) is 24.3 Å². The molecule has 5 nitrogen and oxygen atoms in total. The predicted octanol–water partition coefficient (Wildman–Crippen LogP) is 7.66. The van der Waals surface area contributed by atoms with E-state index in [0.29, 0.717) is 22.2 Å². The van der Waals surface area contributed by atoms with Gasteiger partial charge in [0, 0.05) is 11.4 Å².